The Balaban J connectivity index is 1.99. The van der Waals surface area contributed by atoms with Crippen molar-refractivity contribution in [3.8, 4) is 0 Å². The molecule has 2 rings (SSSR count). The van der Waals surface area contributed by atoms with Gasteiger partial charge in [0, 0.05) is 24.7 Å². The fourth-order valence-electron chi connectivity index (χ4n) is 3.17. The highest BCUT2D eigenvalue weighted by Crippen LogP contribution is 2.17. The van der Waals surface area contributed by atoms with E-state index in [1.165, 1.54) is 12.8 Å². The number of halogens is 1. The van der Waals surface area contributed by atoms with Crippen LogP contribution in [0.1, 0.15) is 39.2 Å². The minimum atomic E-state index is -0.0814. The number of nitrogens with one attached hydrogen (secondary N) is 1. The van der Waals surface area contributed by atoms with E-state index < -0.39 is 0 Å². The summed E-state index contributed by atoms with van der Waals surface area (Å²) in [5.74, 6) is -0.0814. The van der Waals surface area contributed by atoms with E-state index in [1.807, 2.05) is 12.1 Å². The van der Waals surface area contributed by atoms with Crippen molar-refractivity contribution < 1.29 is 4.39 Å². The van der Waals surface area contributed by atoms with Crippen LogP contribution in [0.4, 0.5) is 4.39 Å². The van der Waals surface area contributed by atoms with Gasteiger partial charge in [-0.1, -0.05) is 18.2 Å². The molecule has 1 fully saturated rings. The van der Waals surface area contributed by atoms with Gasteiger partial charge in [-0.2, -0.15) is 0 Å². The summed E-state index contributed by atoms with van der Waals surface area (Å²) in [6, 6.07) is 8.57. The van der Waals surface area contributed by atoms with Gasteiger partial charge in [-0.05, 0) is 58.2 Å². The van der Waals surface area contributed by atoms with Gasteiger partial charge in [0.15, 0.2) is 0 Å². The third kappa shape index (κ3) is 4.03. The van der Waals surface area contributed by atoms with Crippen molar-refractivity contribution >= 4 is 0 Å². The summed E-state index contributed by atoms with van der Waals surface area (Å²) < 4.78 is 13.8. The quantitative estimate of drug-likeness (QED) is 0.859. The highest BCUT2D eigenvalue weighted by molar-refractivity contribution is 5.18. The molecule has 20 heavy (non-hydrogen) atoms. The number of nitrogens with zero attached hydrogens (tertiary/aromatic N) is 1. The summed E-state index contributed by atoms with van der Waals surface area (Å²) in [5.41, 5.74) is 0.824. The molecule has 0 saturated carbocycles. The third-order valence-electron chi connectivity index (χ3n) is 4.30. The molecule has 112 valence electrons. The second kappa shape index (κ2) is 7.19. The van der Waals surface area contributed by atoms with Gasteiger partial charge in [0.25, 0.3) is 0 Å². The molecule has 2 nitrogen and oxygen atoms in total. The van der Waals surface area contributed by atoms with E-state index in [0.29, 0.717) is 18.1 Å². The molecule has 1 saturated heterocycles. The van der Waals surface area contributed by atoms with E-state index in [2.05, 4.69) is 31.0 Å². The maximum absolute atomic E-state index is 13.8. The Morgan fingerprint density at radius 3 is 2.65 bits per heavy atom. The van der Waals surface area contributed by atoms with Crippen molar-refractivity contribution in [1.29, 1.82) is 0 Å². The smallest absolute Gasteiger partial charge is 0.126 e. The molecule has 0 amide bonds. The Morgan fingerprint density at radius 2 is 2.05 bits per heavy atom. The van der Waals surface area contributed by atoms with Crippen molar-refractivity contribution in [3.05, 3.63) is 35.6 Å². The van der Waals surface area contributed by atoms with Gasteiger partial charge in [-0.15, -0.1) is 0 Å². The van der Waals surface area contributed by atoms with Crippen LogP contribution in [0, 0.1) is 5.82 Å². The lowest BCUT2D eigenvalue weighted by molar-refractivity contribution is 0.148. The van der Waals surface area contributed by atoms with E-state index >= 15 is 0 Å². The Kier molecular flexibility index (Phi) is 5.55. The van der Waals surface area contributed by atoms with E-state index in [9.17, 15) is 4.39 Å². The summed E-state index contributed by atoms with van der Waals surface area (Å²) >= 11 is 0. The first-order chi connectivity index (χ1) is 9.58. The zero-order valence-corrected chi connectivity index (χ0v) is 12.9. The van der Waals surface area contributed by atoms with Crippen molar-refractivity contribution in [1.82, 2.24) is 10.2 Å². The number of hydrogen-bond donors (Lipinski definition) is 1. The molecule has 1 heterocycles. The van der Waals surface area contributed by atoms with Crippen molar-refractivity contribution in [2.45, 2.75) is 58.2 Å². The lowest BCUT2D eigenvalue weighted by Crippen LogP contribution is -2.46. The first-order valence-electron chi connectivity index (χ1n) is 7.80. The molecule has 0 spiro atoms. The third-order valence-corrected chi connectivity index (χ3v) is 4.30. The van der Waals surface area contributed by atoms with Crippen molar-refractivity contribution in [3.63, 3.8) is 0 Å². The van der Waals surface area contributed by atoms with Crippen LogP contribution in [0.2, 0.25) is 0 Å². The normalized spacial score (nSPS) is 20.8. The summed E-state index contributed by atoms with van der Waals surface area (Å²) in [6.07, 6.45) is 3.31. The fraction of sp³-hybridized carbons (Fsp3) is 0.647. The lowest BCUT2D eigenvalue weighted by Gasteiger charge is -2.35. The van der Waals surface area contributed by atoms with Gasteiger partial charge >= 0.3 is 0 Å². The fourth-order valence-corrected chi connectivity index (χ4v) is 3.17. The van der Waals surface area contributed by atoms with Crippen LogP contribution in [0.25, 0.3) is 0 Å². The predicted molar refractivity (Wildman–Crippen MR) is 82.4 cm³/mol. The van der Waals surface area contributed by atoms with E-state index in [1.54, 1.807) is 12.1 Å². The highest BCUT2D eigenvalue weighted by atomic mass is 19.1. The molecule has 2 atom stereocenters. The van der Waals surface area contributed by atoms with Gasteiger partial charge in [0.2, 0.25) is 0 Å². The number of hydrogen-bond acceptors (Lipinski definition) is 2. The maximum atomic E-state index is 13.8. The van der Waals surface area contributed by atoms with Crippen LogP contribution in [-0.2, 0) is 6.42 Å². The maximum Gasteiger partial charge on any atom is 0.126 e. The van der Waals surface area contributed by atoms with Crippen LogP contribution < -0.4 is 5.32 Å². The molecular weight excluding hydrogens is 251 g/mol. The summed E-state index contributed by atoms with van der Waals surface area (Å²) in [6.45, 7) is 8.87. The predicted octanol–water partition coefficient (Wildman–Crippen LogP) is 3.22. The zero-order chi connectivity index (χ0) is 14.5. The molecule has 1 aromatic rings. The van der Waals surface area contributed by atoms with E-state index in [0.717, 1.165) is 25.1 Å². The minimum Gasteiger partial charge on any atom is -0.313 e. The molecule has 2 unspecified atom stereocenters. The molecule has 1 aliphatic heterocycles. The van der Waals surface area contributed by atoms with Crippen LogP contribution in [-0.4, -0.2) is 36.1 Å². The topological polar surface area (TPSA) is 15.3 Å². The second-order valence-electron chi connectivity index (χ2n) is 6.23. The summed E-state index contributed by atoms with van der Waals surface area (Å²) in [7, 11) is 0. The SMILES string of the molecule is CC(C)N(CC1CCCN1)C(C)Cc1ccccc1F. The molecule has 1 aliphatic rings. The summed E-state index contributed by atoms with van der Waals surface area (Å²) in [4.78, 5) is 2.50. The highest BCUT2D eigenvalue weighted by Gasteiger charge is 2.24. The van der Waals surface area contributed by atoms with Gasteiger partial charge in [0.1, 0.15) is 5.82 Å². The molecule has 1 N–H and O–H groups in total. The largest absolute Gasteiger partial charge is 0.313 e. The Labute approximate surface area is 122 Å². The monoisotopic (exact) mass is 278 g/mol. The molecule has 0 aromatic heterocycles. The first kappa shape index (κ1) is 15.5. The molecule has 1 aromatic carbocycles. The van der Waals surface area contributed by atoms with Crippen LogP contribution >= 0.6 is 0 Å². The zero-order valence-electron chi connectivity index (χ0n) is 12.9. The van der Waals surface area contributed by atoms with Crippen LogP contribution in [0.15, 0.2) is 24.3 Å². The Bertz CT molecular complexity index is 413. The minimum absolute atomic E-state index is 0.0814. The van der Waals surface area contributed by atoms with Crippen LogP contribution in [0.3, 0.4) is 0 Å². The van der Waals surface area contributed by atoms with E-state index in [4.69, 9.17) is 0 Å². The standard InChI is InChI=1S/C17H27FN2/c1-13(2)20(12-16-8-6-10-19-16)14(3)11-15-7-4-5-9-17(15)18/h4-5,7,9,13-14,16,19H,6,8,10-12H2,1-3H3. The molecular formula is C17H27FN2. The number of rotatable bonds is 6. The first-order valence-corrected chi connectivity index (χ1v) is 7.80. The molecule has 3 heteroatoms. The van der Waals surface area contributed by atoms with E-state index in [-0.39, 0.29) is 5.82 Å². The molecule has 0 aliphatic carbocycles. The van der Waals surface area contributed by atoms with Gasteiger partial charge in [0.05, 0.1) is 0 Å². The number of benzene rings is 1. The average Bonchev–Trinajstić information content (AvgIpc) is 2.91. The molecule has 0 bridgehead atoms. The second-order valence-corrected chi connectivity index (χ2v) is 6.23. The molecule has 0 radical (unpaired) electrons. The van der Waals surface area contributed by atoms with Crippen molar-refractivity contribution in [2.75, 3.05) is 13.1 Å². The Morgan fingerprint density at radius 1 is 1.30 bits per heavy atom. The van der Waals surface area contributed by atoms with Crippen LogP contribution in [0.5, 0.6) is 0 Å². The van der Waals surface area contributed by atoms with Gasteiger partial charge in [-0.25, -0.2) is 4.39 Å². The van der Waals surface area contributed by atoms with Gasteiger partial charge in [-0.3, -0.25) is 4.90 Å². The summed E-state index contributed by atoms with van der Waals surface area (Å²) in [5, 5.41) is 3.56. The Hall–Kier alpha value is -0.930. The van der Waals surface area contributed by atoms with Gasteiger partial charge < -0.3 is 5.32 Å². The lowest BCUT2D eigenvalue weighted by atomic mass is 10.0. The van der Waals surface area contributed by atoms with Crippen molar-refractivity contribution in [2.24, 2.45) is 0 Å². The average molecular weight is 278 g/mol.